The van der Waals surface area contributed by atoms with Crippen LogP contribution in [0.15, 0.2) is 211 Å². The molecule has 0 saturated carbocycles. The van der Waals surface area contributed by atoms with Crippen molar-refractivity contribution in [3.05, 3.63) is 206 Å². The summed E-state index contributed by atoms with van der Waals surface area (Å²) in [5.74, 6) is 0. The van der Waals surface area contributed by atoms with Crippen molar-refractivity contribution in [2.24, 2.45) is 0 Å². The number of hydrogen-bond donors (Lipinski definition) is 0. The molecule has 0 unspecified atom stereocenters. The first-order chi connectivity index (χ1) is 28.8. The quantitative estimate of drug-likeness (QED) is 0.168. The van der Waals surface area contributed by atoms with Crippen LogP contribution in [0.3, 0.4) is 0 Å². The number of hydrogen-bond acceptors (Lipinski definition) is 3. The maximum atomic E-state index is 6.74. The van der Waals surface area contributed by atoms with Gasteiger partial charge in [0.05, 0.1) is 16.7 Å². The van der Waals surface area contributed by atoms with Gasteiger partial charge in [-0.05, 0) is 90.0 Å². The second-order valence-electron chi connectivity index (χ2n) is 14.9. The SMILES string of the molecule is c1ccc(N(c2cc(-c3ccc(-n4c5ccccc5c5ccccc54)cc3)c3oc4ccccc4c3c2)c2ccccc2-c2ccc3sc4ccccc4c3c2)cc1. The molecule has 0 fully saturated rings. The van der Waals surface area contributed by atoms with Crippen molar-refractivity contribution in [2.45, 2.75) is 0 Å². The fraction of sp³-hybridized carbons (Fsp3) is 0. The molecule has 4 heteroatoms. The van der Waals surface area contributed by atoms with Crippen molar-refractivity contribution in [1.29, 1.82) is 0 Å². The third-order valence-electron chi connectivity index (χ3n) is 11.6. The first kappa shape index (κ1) is 32.8. The molecular formula is C54H34N2OS. The lowest BCUT2D eigenvalue weighted by Crippen LogP contribution is -2.11. The Morgan fingerprint density at radius 3 is 1.81 bits per heavy atom. The molecule has 272 valence electrons. The monoisotopic (exact) mass is 758 g/mol. The van der Waals surface area contributed by atoms with Gasteiger partial charge in [-0.25, -0.2) is 0 Å². The summed E-state index contributed by atoms with van der Waals surface area (Å²) < 4.78 is 11.7. The number of furan rings is 1. The zero-order valence-corrected chi connectivity index (χ0v) is 32.2. The van der Waals surface area contributed by atoms with Crippen LogP contribution >= 0.6 is 11.3 Å². The fourth-order valence-electron chi connectivity index (χ4n) is 8.96. The minimum absolute atomic E-state index is 0.876. The van der Waals surface area contributed by atoms with Crippen molar-refractivity contribution in [2.75, 3.05) is 4.90 Å². The van der Waals surface area contributed by atoms with E-state index in [-0.39, 0.29) is 0 Å². The number of anilines is 3. The van der Waals surface area contributed by atoms with Gasteiger partial charge >= 0.3 is 0 Å². The van der Waals surface area contributed by atoms with Crippen LogP contribution in [0.5, 0.6) is 0 Å². The summed E-state index contributed by atoms with van der Waals surface area (Å²) in [5.41, 5.74) is 13.0. The van der Waals surface area contributed by atoms with E-state index in [0.29, 0.717) is 0 Å². The third kappa shape index (κ3) is 5.12. The van der Waals surface area contributed by atoms with Gasteiger partial charge in [0.25, 0.3) is 0 Å². The van der Waals surface area contributed by atoms with Crippen molar-refractivity contribution in [3.63, 3.8) is 0 Å². The highest BCUT2D eigenvalue weighted by molar-refractivity contribution is 7.25. The van der Waals surface area contributed by atoms with Crippen molar-refractivity contribution >= 4 is 92.3 Å². The number of aromatic nitrogens is 1. The van der Waals surface area contributed by atoms with Gasteiger partial charge in [0.15, 0.2) is 0 Å². The molecule has 0 amide bonds. The lowest BCUT2D eigenvalue weighted by atomic mass is 9.98. The molecule has 0 bridgehead atoms. The van der Waals surface area contributed by atoms with Crippen LogP contribution in [-0.2, 0) is 0 Å². The van der Waals surface area contributed by atoms with Crippen LogP contribution in [0.4, 0.5) is 17.1 Å². The smallest absolute Gasteiger partial charge is 0.143 e. The Labute approximate surface area is 338 Å². The van der Waals surface area contributed by atoms with Crippen LogP contribution in [0.1, 0.15) is 0 Å². The minimum Gasteiger partial charge on any atom is -0.455 e. The molecule has 0 radical (unpaired) electrons. The molecule has 3 aromatic heterocycles. The Hall–Kier alpha value is -7.40. The minimum atomic E-state index is 0.876. The predicted molar refractivity (Wildman–Crippen MR) is 247 cm³/mol. The van der Waals surface area contributed by atoms with Crippen LogP contribution < -0.4 is 4.90 Å². The van der Waals surface area contributed by atoms with E-state index in [0.717, 1.165) is 61.4 Å². The predicted octanol–water partition coefficient (Wildman–Crippen LogP) is 15.9. The number of nitrogens with zero attached hydrogens (tertiary/aromatic N) is 2. The van der Waals surface area contributed by atoms with Crippen LogP contribution in [-0.4, -0.2) is 4.57 Å². The number of para-hydroxylation sites is 5. The Bertz CT molecular complexity index is 3460. The zero-order valence-electron chi connectivity index (χ0n) is 31.3. The highest BCUT2D eigenvalue weighted by atomic mass is 32.1. The standard InChI is InChI=1S/C54H34N2OS/c1-2-14-37(15-3-1)55(48-21-9-4-16-40(48)36-28-31-53-46(32-36)44-20-8-13-25-52(44)58-53)39-33-45(54-47(34-39)43-19-7-12-24-51(43)57-54)35-26-29-38(30-27-35)56-49-22-10-5-17-41(49)42-18-6-11-23-50(42)56/h1-34H. The highest BCUT2D eigenvalue weighted by Crippen LogP contribution is 2.47. The molecule has 0 saturated heterocycles. The average molecular weight is 759 g/mol. The average Bonchev–Trinajstić information content (AvgIpc) is 3.96. The summed E-state index contributed by atoms with van der Waals surface area (Å²) in [6, 6.07) is 74.4. The van der Waals surface area contributed by atoms with E-state index in [9.17, 15) is 0 Å². The van der Waals surface area contributed by atoms with E-state index in [4.69, 9.17) is 4.42 Å². The Kier molecular flexibility index (Phi) is 7.40. The number of benzene rings is 9. The first-order valence-electron chi connectivity index (χ1n) is 19.7. The normalized spacial score (nSPS) is 11.8. The van der Waals surface area contributed by atoms with E-state index in [1.165, 1.54) is 47.5 Å². The van der Waals surface area contributed by atoms with Crippen LogP contribution in [0, 0.1) is 0 Å². The molecule has 0 aliphatic rings. The highest BCUT2D eigenvalue weighted by Gasteiger charge is 2.22. The lowest BCUT2D eigenvalue weighted by Gasteiger charge is -2.28. The second kappa shape index (κ2) is 13.1. The first-order valence-corrected chi connectivity index (χ1v) is 20.5. The van der Waals surface area contributed by atoms with Gasteiger partial charge < -0.3 is 13.9 Å². The number of thiophene rings is 1. The van der Waals surface area contributed by atoms with Gasteiger partial charge in [0, 0.05) is 69.9 Å². The molecular weight excluding hydrogens is 725 g/mol. The molecule has 58 heavy (non-hydrogen) atoms. The molecule has 12 aromatic rings. The lowest BCUT2D eigenvalue weighted by molar-refractivity contribution is 0.670. The summed E-state index contributed by atoms with van der Waals surface area (Å²) in [7, 11) is 0. The van der Waals surface area contributed by atoms with Gasteiger partial charge in [-0.1, -0.05) is 127 Å². The number of fused-ring (bicyclic) bond motifs is 9. The van der Waals surface area contributed by atoms with E-state index in [2.05, 4.69) is 210 Å². The third-order valence-corrected chi connectivity index (χ3v) is 12.7. The number of rotatable bonds is 6. The Balaban J connectivity index is 1.07. The Morgan fingerprint density at radius 2 is 1.02 bits per heavy atom. The molecule has 0 N–H and O–H groups in total. The molecule has 0 aliphatic heterocycles. The van der Waals surface area contributed by atoms with E-state index in [1.807, 2.05) is 17.4 Å². The largest absolute Gasteiger partial charge is 0.455 e. The second-order valence-corrected chi connectivity index (χ2v) is 16.0. The van der Waals surface area contributed by atoms with Gasteiger partial charge in [-0.3, -0.25) is 0 Å². The maximum Gasteiger partial charge on any atom is 0.143 e. The van der Waals surface area contributed by atoms with Crippen LogP contribution in [0.2, 0.25) is 0 Å². The summed E-state index contributed by atoms with van der Waals surface area (Å²) >= 11 is 1.85. The van der Waals surface area contributed by atoms with E-state index in [1.54, 1.807) is 0 Å². The molecule has 12 rings (SSSR count). The van der Waals surface area contributed by atoms with Gasteiger partial charge in [0.1, 0.15) is 11.2 Å². The summed E-state index contributed by atoms with van der Waals surface area (Å²) in [6.07, 6.45) is 0. The van der Waals surface area contributed by atoms with E-state index >= 15 is 0 Å². The zero-order chi connectivity index (χ0) is 38.2. The molecule has 9 aromatic carbocycles. The summed E-state index contributed by atoms with van der Waals surface area (Å²) in [6.45, 7) is 0. The molecule has 3 heterocycles. The van der Waals surface area contributed by atoms with E-state index < -0.39 is 0 Å². The van der Waals surface area contributed by atoms with Gasteiger partial charge in [-0.15, -0.1) is 11.3 Å². The molecule has 0 aliphatic carbocycles. The molecule has 3 nitrogen and oxygen atoms in total. The summed E-state index contributed by atoms with van der Waals surface area (Å²) in [5, 5.41) is 7.27. The van der Waals surface area contributed by atoms with Crippen molar-refractivity contribution in [3.8, 4) is 27.9 Å². The molecule has 0 atom stereocenters. The van der Waals surface area contributed by atoms with Gasteiger partial charge in [-0.2, -0.15) is 0 Å². The van der Waals surface area contributed by atoms with Crippen molar-refractivity contribution < 1.29 is 4.42 Å². The van der Waals surface area contributed by atoms with Crippen LogP contribution in [0.25, 0.3) is 91.9 Å². The summed E-state index contributed by atoms with van der Waals surface area (Å²) in [4.78, 5) is 2.41. The maximum absolute atomic E-state index is 6.74. The van der Waals surface area contributed by atoms with Gasteiger partial charge in [0.2, 0.25) is 0 Å². The fourth-order valence-corrected chi connectivity index (χ4v) is 10.0. The topological polar surface area (TPSA) is 21.3 Å². The molecule has 0 spiro atoms. The van der Waals surface area contributed by atoms with Crippen molar-refractivity contribution in [1.82, 2.24) is 4.57 Å². The Morgan fingerprint density at radius 1 is 0.397 bits per heavy atom.